The molecule has 0 spiro atoms. The lowest BCUT2D eigenvalue weighted by Gasteiger charge is -2.29. The lowest BCUT2D eigenvalue weighted by atomic mass is 10.2. The van der Waals surface area contributed by atoms with Crippen molar-refractivity contribution in [3.05, 3.63) is 54.1 Å². The van der Waals surface area contributed by atoms with Gasteiger partial charge in [0, 0.05) is 7.05 Å². The van der Waals surface area contributed by atoms with Crippen LogP contribution in [0.15, 0.2) is 47.7 Å². The van der Waals surface area contributed by atoms with E-state index in [9.17, 15) is 4.39 Å². The molecule has 0 radical (unpaired) electrons. The number of allylic oxidation sites excluding steroid dienone is 1. The third-order valence-corrected chi connectivity index (χ3v) is 8.44. The standard InChI is InChI=1S/C16H23FOSi.C3H7N/c1-5-16(18-19(6-2,7-3)8-4)13-14-9-11-15(17)12-10-14;1-3-4-2/h5,9-13H,1,6-8H2,2-4H3;3H,1-2H3/b16-13-;. The summed E-state index contributed by atoms with van der Waals surface area (Å²) in [5.41, 5.74) is 0.933. The predicted molar refractivity (Wildman–Crippen MR) is 103 cm³/mol. The lowest BCUT2D eigenvalue weighted by Crippen LogP contribution is -2.35. The van der Waals surface area contributed by atoms with Gasteiger partial charge >= 0.3 is 0 Å². The van der Waals surface area contributed by atoms with Gasteiger partial charge in [0.1, 0.15) is 11.6 Å². The molecule has 4 heteroatoms. The van der Waals surface area contributed by atoms with Crippen molar-refractivity contribution in [2.24, 2.45) is 4.99 Å². The largest absolute Gasteiger partial charge is 0.544 e. The first-order valence-corrected chi connectivity index (χ1v) is 10.7. The summed E-state index contributed by atoms with van der Waals surface area (Å²) in [6.45, 7) is 12.3. The molecule has 23 heavy (non-hydrogen) atoms. The van der Waals surface area contributed by atoms with Crippen LogP contribution in [0, 0.1) is 5.82 Å². The first-order valence-electron chi connectivity index (χ1n) is 8.16. The van der Waals surface area contributed by atoms with Crippen LogP contribution in [0.3, 0.4) is 0 Å². The number of rotatable bonds is 7. The third kappa shape index (κ3) is 7.93. The Balaban J connectivity index is 0.00000108. The maximum absolute atomic E-state index is 12.9. The summed E-state index contributed by atoms with van der Waals surface area (Å²) in [6.07, 6.45) is 5.42. The number of nitrogens with zero attached hydrogens (tertiary/aromatic N) is 1. The Morgan fingerprint density at radius 3 is 2.00 bits per heavy atom. The molecule has 0 atom stereocenters. The quantitative estimate of drug-likeness (QED) is 0.256. The molecule has 0 heterocycles. The number of aliphatic imine (C=N–C) groups is 1. The van der Waals surface area contributed by atoms with Crippen molar-refractivity contribution in [3.8, 4) is 0 Å². The molecule has 0 aliphatic rings. The van der Waals surface area contributed by atoms with Crippen molar-refractivity contribution >= 4 is 20.6 Å². The highest BCUT2D eigenvalue weighted by atomic mass is 28.4. The molecule has 0 aromatic heterocycles. The van der Waals surface area contributed by atoms with Crippen molar-refractivity contribution in [2.75, 3.05) is 7.05 Å². The smallest absolute Gasteiger partial charge is 0.250 e. The van der Waals surface area contributed by atoms with E-state index in [1.54, 1.807) is 31.5 Å². The van der Waals surface area contributed by atoms with Crippen LogP contribution in [0.2, 0.25) is 18.1 Å². The van der Waals surface area contributed by atoms with Gasteiger partial charge in [0.15, 0.2) is 0 Å². The van der Waals surface area contributed by atoms with Crippen molar-refractivity contribution in [2.45, 2.75) is 45.8 Å². The Bertz CT molecular complexity index is 492. The number of benzene rings is 1. The molecule has 2 nitrogen and oxygen atoms in total. The Morgan fingerprint density at radius 2 is 1.65 bits per heavy atom. The van der Waals surface area contributed by atoms with E-state index in [1.165, 1.54) is 12.1 Å². The van der Waals surface area contributed by atoms with E-state index in [0.717, 1.165) is 29.5 Å². The first kappa shape index (κ1) is 21.3. The minimum Gasteiger partial charge on any atom is -0.544 e. The molecule has 0 saturated heterocycles. The Labute approximate surface area is 141 Å². The van der Waals surface area contributed by atoms with Gasteiger partial charge in [-0.25, -0.2) is 4.39 Å². The topological polar surface area (TPSA) is 21.6 Å². The molecule has 128 valence electrons. The van der Waals surface area contributed by atoms with Gasteiger partial charge in [-0.15, -0.1) is 0 Å². The maximum atomic E-state index is 12.9. The summed E-state index contributed by atoms with van der Waals surface area (Å²) in [5.74, 6) is 0.571. The highest BCUT2D eigenvalue weighted by Crippen LogP contribution is 2.26. The van der Waals surface area contributed by atoms with E-state index in [0.29, 0.717) is 0 Å². The zero-order valence-electron chi connectivity index (χ0n) is 15.1. The molecule has 0 amide bonds. The van der Waals surface area contributed by atoms with E-state index in [-0.39, 0.29) is 5.82 Å². The molecular formula is C19H30FNOSi. The van der Waals surface area contributed by atoms with Crippen molar-refractivity contribution in [1.82, 2.24) is 0 Å². The van der Waals surface area contributed by atoms with Crippen LogP contribution in [-0.4, -0.2) is 21.6 Å². The molecule has 0 saturated carbocycles. The van der Waals surface area contributed by atoms with Crippen LogP contribution in [0.1, 0.15) is 33.3 Å². The maximum Gasteiger partial charge on any atom is 0.250 e. The van der Waals surface area contributed by atoms with Gasteiger partial charge in [0.05, 0.1) is 0 Å². The van der Waals surface area contributed by atoms with E-state index in [2.05, 4.69) is 32.3 Å². The molecule has 1 aromatic rings. The van der Waals surface area contributed by atoms with Crippen LogP contribution in [0.4, 0.5) is 4.39 Å². The summed E-state index contributed by atoms with van der Waals surface area (Å²) in [6, 6.07) is 9.68. The van der Waals surface area contributed by atoms with Crippen molar-refractivity contribution in [1.29, 1.82) is 0 Å². The second kappa shape index (κ2) is 11.8. The third-order valence-electron chi connectivity index (χ3n) is 3.91. The minimum absolute atomic E-state index is 0.224. The van der Waals surface area contributed by atoms with E-state index in [4.69, 9.17) is 4.43 Å². The van der Waals surface area contributed by atoms with Gasteiger partial charge in [-0.2, -0.15) is 0 Å². The first-order chi connectivity index (χ1) is 11.0. The number of hydrogen-bond donors (Lipinski definition) is 0. The average Bonchev–Trinajstić information content (AvgIpc) is 2.61. The lowest BCUT2D eigenvalue weighted by molar-refractivity contribution is 0.427. The molecule has 0 bridgehead atoms. The summed E-state index contributed by atoms with van der Waals surface area (Å²) in [7, 11) is 0.0702. The van der Waals surface area contributed by atoms with Gasteiger partial charge in [0.25, 0.3) is 0 Å². The highest BCUT2D eigenvalue weighted by molar-refractivity contribution is 6.73. The summed E-state index contributed by atoms with van der Waals surface area (Å²) < 4.78 is 19.1. The zero-order valence-corrected chi connectivity index (χ0v) is 16.1. The SMILES string of the molecule is C=C/C(=C/c1ccc(F)cc1)O[Si](CC)(CC)CC.CC=NC. The molecule has 1 aromatic carbocycles. The van der Waals surface area contributed by atoms with Crippen LogP contribution < -0.4 is 0 Å². The van der Waals surface area contributed by atoms with Gasteiger partial charge in [-0.3, -0.25) is 0 Å². The molecule has 0 aliphatic heterocycles. The fourth-order valence-corrected chi connectivity index (χ4v) is 4.65. The fraction of sp³-hybridized carbons (Fsp3) is 0.421. The van der Waals surface area contributed by atoms with Gasteiger partial charge in [0.2, 0.25) is 8.32 Å². The second-order valence-corrected chi connectivity index (χ2v) is 9.86. The van der Waals surface area contributed by atoms with Crippen molar-refractivity contribution in [3.63, 3.8) is 0 Å². The monoisotopic (exact) mass is 335 g/mol. The van der Waals surface area contributed by atoms with Crippen LogP contribution in [0.25, 0.3) is 6.08 Å². The predicted octanol–water partition coefficient (Wildman–Crippen LogP) is 6.08. The Hall–Kier alpha value is -1.68. The molecule has 1 rings (SSSR count). The van der Waals surface area contributed by atoms with Gasteiger partial charge in [-0.05, 0) is 61.1 Å². The summed E-state index contributed by atoms with van der Waals surface area (Å²) in [4.78, 5) is 3.61. The molecule has 0 aliphatic carbocycles. The summed E-state index contributed by atoms with van der Waals surface area (Å²) >= 11 is 0. The zero-order chi connectivity index (χ0) is 17.7. The fourth-order valence-electron chi connectivity index (χ4n) is 2.07. The summed E-state index contributed by atoms with van der Waals surface area (Å²) in [5, 5.41) is 0. The second-order valence-electron chi connectivity index (χ2n) is 5.16. The molecule has 0 fully saturated rings. The van der Waals surface area contributed by atoms with E-state index < -0.39 is 8.32 Å². The Morgan fingerprint density at radius 1 is 1.17 bits per heavy atom. The highest BCUT2D eigenvalue weighted by Gasteiger charge is 2.30. The number of hydrogen-bond acceptors (Lipinski definition) is 2. The number of halogens is 1. The van der Waals surface area contributed by atoms with Crippen LogP contribution in [0.5, 0.6) is 0 Å². The molecule has 0 N–H and O–H groups in total. The van der Waals surface area contributed by atoms with Crippen molar-refractivity contribution < 1.29 is 8.82 Å². The van der Waals surface area contributed by atoms with E-state index >= 15 is 0 Å². The van der Waals surface area contributed by atoms with Gasteiger partial charge < -0.3 is 9.42 Å². The normalized spacial score (nSPS) is 11.8. The van der Waals surface area contributed by atoms with Crippen LogP contribution >= 0.6 is 0 Å². The van der Waals surface area contributed by atoms with Crippen LogP contribution in [-0.2, 0) is 4.43 Å². The average molecular weight is 336 g/mol. The minimum atomic E-state index is -1.68. The molecular weight excluding hydrogens is 305 g/mol. The van der Waals surface area contributed by atoms with E-state index in [1.807, 2.05) is 13.0 Å². The molecule has 0 unspecified atom stereocenters. The van der Waals surface area contributed by atoms with Gasteiger partial charge in [-0.1, -0.05) is 39.5 Å². The Kier molecular flexibility index (Phi) is 11.0.